The third-order valence-electron chi connectivity index (χ3n) is 4.68. The molecule has 0 aromatic heterocycles. The molecule has 1 aromatic rings. The van der Waals surface area contributed by atoms with E-state index >= 15 is 0 Å². The van der Waals surface area contributed by atoms with Crippen LogP contribution in [-0.4, -0.2) is 42.4 Å². The maximum Gasteiger partial charge on any atom is 0.315 e. The van der Waals surface area contributed by atoms with E-state index in [0.717, 1.165) is 45.2 Å². The quantitative estimate of drug-likeness (QED) is 0.799. The van der Waals surface area contributed by atoms with Crippen LogP contribution >= 0.6 is 0 Å². The average molecular weight is 303 g/mol. The van der Waals surface area contributed by atoms with Gasteiger partial charge in [-0.15, -0.1) is 0 Å². The highest BCUT2D eigenvalue weighted by atomic mass is 16.3. The van der Waals surface area contributed by atoms with Crippen molar-refractivity contribution in [1.29, 1.82) is 0 Å². The van der Waals surface area contributed by atoms with Crippen molar-refractivity contribution in [3.8, 4) is 0 Å². The molecule has 0 radical (unpaired) electrons. The Bertz CT molecular complexity index is 486. The fourth-order valence-corrected chi connectivity index (χ4v) is 3.38. The third-order valence-corrected chi connectivity index (χ3v) is 4.68. The zero-order valence-electron chi connectivity index (χ0n) is 12.9. The molecule has 2 amide bonds. The molecule has 5 nitrogen and oxygen atoms in total. The van der Waals surface area contributed by atoms with Gasteiger partial charge in [0.05, 0.1) is 6.10 Å². The van der Waals surface area contributed by atoms with Crippen LogP contribution in [0.3, 0.4) is 0 Å². The summed E-state index contributed by atoms with van der Waals surface area (Å²) in [4.78, 5) is 14.4. The van der Waals surface area contributed by atoms with Gasteiger partial charge in [-0.2, -0.15) is 0 Å². The Morgan fingerprint density at radius 3 is 2.41 bits per heavy atom. The minimum absolute atomic E-state index is 0.0682. The van der Waals surface area contributed by atoms with E-state index in [1.807, 2.05) is 18.2 Å². The number of carbonyl (C=O) groups excluding carboxylic acids is 1. The van der Waals surface area contributed by atoms with Crippen molar-refractivity contribution in [1.82, 2.24) is 10.6 Å². The lowest BCUT2D eigenvalue weighted by Crippen LogP contribution is -2.48. The Hall–Kier alpha value is -1.75. The summed E-state index contributed by atoms with van der Waals surface area (Å²) in [5.74, 6) is 0. The maximum atomic E-state index is 12.1. The number of benzene rings is 1. The summed E-state index contributed by atoms with van der Waals surface area (Å²) in [6, 6.07) is 10.7. The minimum atomic E-state index is -0.185. The van der Waals surface area contributed by atoms with Gasteiger partial charge in [0.2, 0.25) is 0 Å². The van der Waals surface area contributed by atoms with Gasteiger partial charge in [0.15, 0.2) is 0 Å². The van der Waals surface area contributed by atoms with Crippen LogP contribution in [0.25, 0.3) is 0 Å². The molecular weight excluding hydrogens is 278 g/mol. The molecule has 1 aliphatic heterocycles. The number of hydrogen-bond donors (Lipinski definition) is 3. The summed E-state index contributed by atoms with van der Waals surface area (Å²) < 4.78 is 0. The predicted molar refractivity (Wildman–Crippen MR) is 87.0 cm³/mol. The first kappa shape index (κ1) is 15.2. The van der Waals surface area contributed by atoms with Crippen LogP contribution in [0.1, 0.15) is 32.1 Å². The Kier molecular flexibility index (Phi) is 4.83. The number of aliphatic hydroxyl groups excluding tert-OH is 1. The predicted octanol–water partition coefficient (Wildman–Crippen LogP) is 1.87. The highest BCUT2D eigenvalue weighted by Gasteiger charge is 2.26. The fraction of sp³-hybridized carbons (Fsp3) is 0.588. The standard InChI is InChI=1S/C17H25N3O2/c21-16-8-6-13(7-9-16)18-17(22)19-14-10-11-20(12-14)15-4-2-1-3-5-15/h1-5,13-14,16,21H,6-12H2,(H2,18,19,22). The number of nitrogens with one attached hydrogen (secondary N) is 2. The lowest BCUT2D eigenvalue weighted by molar-refractivity contribution is 0.117. The molecule has 0 spiro atoms. The Morgan fingerprint density at radius 1 is 1.00 bits per heavy atom. The second-order valence-corrected chi connectivity index (χ2v) is 6.39. The van der Waals surface area contributed by atoms with E-state index in [4.69, 9.17) is 0 Å². The number of amides is 2. The maximum absolute atomic E-state index is 12.1. The SMILES string of the molecule is O=C(NC1CCC(O)CC1)NC1CCN(c2ccccc2)C1. The molecule has 1 aliphatic carbocycles. The second kappa shape index (κ2) is 7.01. The van der Waals surface area contributed by atoms with Crippen molar-refractivity contribution in [2.24, 2.45) is 0 Å². The first-order valence-corrected chi connectivity index (χ1v) is 8.26. The lowest BCUT2D eigenvalue weighted by Gasteiger charge is -2.27. The molecule has 1 saturated carbocycles. The number of nitrogens with zero attached hydrogens (tertiary/aromatic N) is 1. The summed E-state index contributed by atoms with van der Waals surface area (Å²) in [7, 11) is 0. The number of para-hydroxylation sites is 1. The van der Waals surface area contributed by atoms with E-state index in [1.165, 1.54) is 5.69 Å². The van der Waals surface area contributed by atoms with Crippen LogP contribution < -0.4 is 15.5 Å². The largest absolute Gasteiger partial charge is 0.393 e. The Morgan fingerprint density at radius 2 is 1.68 bits per heavy atom. The molecule has 0 bridgehead atoms. The van der Waals surface area contributed by atoms with E-state index in [9.17, 15) is 9.90 Å². The van der Waals surface area contributed by atoms with Gasteiger partial charge in [-0.3, -0.25) is 0 Å². The van der Waals surface area contributed by atoms with Gasteiger partial charge < -0.3 is 20.6 Å². The molecule has 3 N–H and O–H groups in total. The van der Waals surface area contributed by atoms with E-state index in [-0.39, 0.29) is 24.2 Å². The van der Waals surface area contributed by atoms with Crippen molar-refractivity contribution in [2.45, 2.75) is 50.3 Å². The van der Waals surface area contributed by atoms with Crippen LogP contribution in [0.5, 0.6) is 0 Å². The van der Waals surface area contributed by atoms with Crippen molar-refractivity contribution < 1.29 is 9.90 Å². The van der Waals surface area contributed by atoms with Gasteiger partial charge in [0, 0.05) is 30.9 Å². The molecule has 3 rings (SSSR count). The Labute approximate surface area is 131 Å². The molecular formula is C17H25N3O2. The molecule has 1 unspecified atom stereocenters. The van der Waals surface area contributed by atoms with Gasteiger partial charge in [0.25, 0.3) is 0 Å². The summed E-state index contributed by atoms with van der Waals surface area (Å²) >= 11 is 0. The highest BCUT2D eigenvalue weighted by molar-refractivity contribution is 5.74. The normalized spacial score (nSPS) is 28.4. The van der Waals surface area contributed by atoms with E-state index in [2.05, 4.69) is 27.7 Å². The molecule has 2 aliphatic rings. The minimum Gasteiger partial charge on any atom is -0.393 e. The van der Waals surface area contributed by atoms with Gasteiger partial charge in [-0.25, -0.2) is 4.79 Å². The number of carbonyl (C=O) groups is 1. The third kappa shape index (κ3) is 3.91. The molecule has 22 heavy (non-hydrogen) atoms. The number of anilines is 1. The van der Waals surface area contributed by atoms with Gasteiger partial charge in [0.1, 0.15) is 0 Å². The van der Waals surface area contributed by atoms with Crippen molar-refractivity contribution in [3.05, 3.63) is 30.3 Å². The fourth-order valence-electron chi connectivity index (χ4n) is 3.38. The monoisotopic (exact) mass is 303 g/mol. The molecule has 1 aromatic carbocycles. The van der Waals surface area contributed by atoms with Gasteiger partial charge >= 0.3 is 6.03 Å². The number of hydrogen-bond acceptors (Lipinski definition) is 3. The highest BCUT2D eigenvalue weighted by Crippen LogP contribution is 2.20. The first-order valence-electron chi connectivity index (χ1n) is 8.26. The van der Waals surface area contributed by atoms with Crippen LogP contribution in [-0.2, 0) is 0 Å². The molecule has 1 heterocycles. The van der Waals surface area contributed by atoms with Crippen LogP contribution in [0.4, 0.5) is 10.5 Å². The number of aliphatic hydroxyl groups is 1. The van der Waals surface area contributed by atoms with Crippen LogP contribution in [0.2, 0.25) is 0 Å². The number of urea groups is 1. The topological polar surface area (TPSA) is 64.6 Å². The molecule has 5 heteroatoms. The smallest absolute Gasteiger partial charge is 0.315 e. The summed E-state index contributed by atoms with van der Waals surface area (Å²) in [6.07, 6.45) is 4.11. The summed E-state index contributed by atoms with van der Waals surface area (Å²) in [6.45, 7) is 1.84. The molecule has 1 atom stereocenters. The summed E-state index contributed by atoms with van der Waals surface area (Å²) in [5.41, 5.74) is 1.22. The zero-order valence-corrected chi connectivity index (χ0v) is 12.9. The van der Waals surface area contributed by atoms with Gasteiger partial charge in [-0.05, 0) is 44.2 Å². The summed E-state index contributed by atoms with van der Waals surface area (Å²) in [5, 5.41) is 15.6. The van der Waals surface area contributed by atoms with Gasteiger partial charge in [-0.1, -0.05) is 18.2 Å². The molecule has 1 saturated heterocycles. The lowest BCUT2D eigenvalue weighted by atomic mass is 9.93. The molecule has 2 fully saturated rings. The average Bonchev–Trinajstić information content (AvgIpc) is 2.99. The first-order chi connectivity index (χ1) is 10.7. The van der Waals surface area contributed by atoms with E-state index < -0.39 is 0 Å². The van der Waals surface area contributed by atoms with E-state index in [0.29, 0.717) is 0 Å². The molecule has 120 valence electrons. The zero-order chi connectivity index (χ0) is 15.4. The van der Waals surface area contributed by atoms with Crippen LogP contribution in [0, 0.1) is 0 Å². The second-order valence-electron chi connectivity index (χ2n) is 6.39. The van der Waals surface area contributed by atoms with E-state index in [1.54, 1.807) is 0 Å². The number of rotatable bonds is 3. The Balaban J connectivity index is 1.43. The van der Waals surface area contributed by atoms with Crippen molar-refractivity contribution in [2.75, 3.05) is 18.0 Å². The van der Waals surface area contributed by atoms with Crippen LogP contribution in [0.15, 0.2) is 30.3 Å². The van der Waals surface area contributed by atoms with Crippen molar-refractivity contribution in [3.63, 3.8) is 0 Å². The van der Waals surface area contributed by atoms with Crippen molar-refractivity contribution >= 4 is 11.7 Å².